The van der Waals surface area contributed by atoms with Gasteiger partial charge in [0.25, 0.3) is 0 Å². The van der Waals surface area contributed by atoms with E-state index in [4.69, 9.17) is 9.84 Å². The maximum absolute atomic E-state index is 10.6. The van der Waals surface area contributed by atoms with Gasteiger partial charge in [-0.2, -0.15) is 0 Å². The SMILES string of the molecule is CCCCCCCCO.COC(=O)C#CC1CCCCO1. The number of carbonyl (C=O) groups is 1. The van der Waals surface area contributed by atoms with Gasteiger partial charge in [-0.3, -0.25) is 0 Å². The van der Waals surface area contributed by atoms with Crippen molar-refractivity contribution in [2.24, 2.45) is 0 Å². The minimum atomic E-state index is -0.496. The number of methoxy groups -OCH3 is 1. The van der Waals surface area contributed by atoms with Crippen molar-refractivity contribution in [3.8, 4) is 11.8 Å². The smallest absolute Gasteiger partial charge is 0.384 e. The molecular formula is C17H30O4. The summed E-state index contributed by atoms with van der Waals surface area (Å²) in [5.74, 6) is 4.60. The second kappa shape index (κ2) is 15.3. The fourth-order valence-electron chi connectivity index (χ4n) is 1.94. The zero-order valence-electron chi connectivity index (χ0n) is 13.5. The predicted molar refractivity (Wildman–Crippen MR) is 83.8 cm³/mol. The number of unbranched alkanes of at least 4 members (excludes halogenated alkanes) is 5. The van der Waals surface area contributed by atoms with Crippen molar-refractivity contribution in [2.45, 2.75) is 70.8 Å². The summed E-state index contributed by atoms with van der Waals surface area (Å²) < 4.78 is 9.66. The topological polar surface area (TPSA) is 55.8 Å². The molecule has 1 N–H and O–H groups in total. The maximum atomic E-state index is 10.6. The molecule has 1 aliphatic heterocycles. The average Bonchev–Trinajstić information content (AvgIpc) is 2.54. The zero-order chi connectivity index (χ0) is 15.8. The van der Waals surface area contributed by atoms with Gasteiger partial charge in [-0.25, -0.2) is 4.79 Å². The van der Waals surface area contributed by atoms with Crippen molar-refractivity contribution in [1.29, 1.82) is 0 Å². The Bertz CT molecular complexity index is 292. The van der Waals surface area contributed by atoms with Crippen molar-refractivity contribution < 1.29 is 19.4 Å². The monoisotopic (exact) mass is 298 g/mol. The summed E-state index contributed by atoms with van der Waals surface area (Å²) in [5.41, 5.74) is 0. The minimum absolute atomic E-state index is 0.0714. The summed E-state index contributed by atoms with van der Waals surface area (Å²) in [6, 6.07) is 0. The number of carbonyl (C=O) groups excluding carboxylic acids is 1. The Morgan fingerprint density at radius 3 is 2.52 bits per heavy atom. The summed E-state index contributed by atoms with van der Waals surface area (Å²) in [4.78, 5) is 10.6. The Morgan fingerprint density at radius 2 is 1.95 bits per heavy atom. The van der Waals surface area contributed by atoms with Crippen LogP contribution in [0.1, 0.15) is 64.7 Å². The molecule has 1 heterocycles. The number of aliphatic hydroxyl groups is 1. The summed E-state index contributed by atoms with van der Waals surface area (Å²) in [7, 11) is 1.32. The lowest BCUT2D eigenvalue weighted by Crippen LogP contribution is -2.17. The molecular weight excluding hydrogens is 268 g/mol. The van der Waals surface area contributed by atoms with Crippen LogP contribution in [0.3, 0.4) is 0 Å². The second-order valence-corrected chi connectivity index (χ2v) is 5.11. The summed E-state index contributed by atoms with van der Waals surface area (Å²) >= 11 is 0. The third-order valence-corrected chi connectivity index (χ3v) is 3.21. The fourth-order valence-corrected chi connectivity index (χ4v) is 1.94. The van der Waals surface area contributed by atoms with Crippen LogP contribution in [0, 0.1) is 11.8 Å². The van der Waals surface area contributed by atoms with Gasteiger partial charge in [0.15, 0.2) is 0 Å². The molecule has 21 heavy (non-hydrogen) atoms. The Labute approximate surface area is 129 Å². The molecule has 1 aliphatic rings. The molecule has 1 fully saturated rings. The van der Waals surface area contributed by atoms with E-state index >= 15 is 0 Å². The highest BCUT2D eigenvalue weighted by Crippen LogP contribution is 2.11. The molecule has 0 aliphatic carbocycles. The van der Waals surface area contributed by atoms with Crippen LogP contribution in [0.25, 0.3) is 0 Å². The third-order valence-electron chi connectivity index (χ3n) is 3.21. The number of hydrogen-bond acceptors (Lipinski definition) is 4. The van der Waals surface area contributed by atoms with Crippen LogP contribution in [0.2, 0.25) is 0 Å². The predicted octanol–water partition coefficient (Wildman–Crippen LogP) is 3.07. The quantitative estimate of drug-likeness (QED) is 0.354. The lowest BCUT2D eigenvalue weighted by atomic mass is 10.1. The van der Waals surface area contributed by atoms with E-state index in [9.17, 15) is 4.79 Å². The first kappa shape index (κ1) is 19.9. The maximum Gasteiger partial charge on any atom is 0.384 e. The van der Waals surface area contributed by atoms with Gasteiger partial charge >= 0.3 is 5.97 Å². The highest BCUT2D eigenvalue weighted by molar-refractivity contribution is 5.88. The van der Waals surface area contributed by atoms with Gasteiger partial charge in [-0.1, -0.05) is 44.9 Å². The lowest BCUT2D eigenvalue weighted by Gasteiger charge is -2.16. The fraction of sp³-hybridized carbons (Fsp3) is 0.824. The van der Waals surface area contributed by atoms with E-state index < -0.39 is 5.97 Å². The molecule has 0 amide bonds. The highest BCUT2D eigenvalue weighted by atomic mass is 16.5. The summed E-state index contributed by atoms with van der Waals surface area (Å²) in [5, 5.41) is 8.42. The second-order valence-electron chi connectivity index (χ2n) is 5.11. The van der Waals surface area contributed by atoms with Crippen molar-refractivity contribution in [3.05, 3.63) is 0 Å². The van der Waals surface area contributed by atoms with Crippen molar-refractivity contribution in [1.82, 2.24) is 0 Å². The molecule has 0 aromatic heterocycles. The standard InChI is InChI=1S/C9H12O3.C8H18O/c1-11-9(10)6-5-8-4-2-3-7-12-8;1-2-3-4-5-6-7-8-9/h8H,2-4,7H2,1H3;9H,2-8H2,1H3. The molecule has 1 atom stereocenters. The number of ether oxygens (including phenoxy) is 2. The van der Waals surface area contributed by atoms with E-state index in [2.05, 4.69) is 23.5 Å². The first-order valence-corrected chi connectivity index (χ1v) is 8.06. The third kappa shape index (κ3) is 13.7. The van der Waals surface area contributed by atoms with Crippen LogP contribution in [0.15, 0.2) is 0 Å². The van der Waals surface area contributed by atoms with Gasteiger partial charge in [0.1, 0.15) is 6.10 Å². The molecule has 0 bridgehead atoms. The Balaban J connectivity index is 0.000000400. The summed E-state index contributed by atoms with van der Waals surface area (Å²) in [6.45, 7) is 3.33. The van der Waals surface area contributed by atoms with E-state index in [1.54, 1.807) is 0 Å². The highest BCUT2D eigenvalue weighted by Gasteiger charge is 2.10. The molecule has 1 unspecified atom stereocenters. The van der Waals surface area contributed by atoms with Crippen molar-refractivity contribution in [3.63, 3.8) is 0 Å². The minimum Gasteiger partial charge on any atom is -0.459 e. The first-order chi connectivity index (χ1) is 10.2. The van der Waals surface area contributed by atoms with E-state index in [-0.39, 0.29) is 6.10 Å². The van der Waals surface area contributed by atoms with E-state index in [1.807, 2.05) is 0 Å². The average molecular weight is 298 g/mol. The molecule has 0 radical (unpaired) electrons. The number of esters is 1. The van der Waals surface area contributed by atoms with Gasteiger partial charge < -0.3 is 14.6 Å². The largest absolute Gasteiger partial charge is 0.459 e. The van der Waals surface area contributed by atoms with Crippen LogP contribution in [0.4, 0.5) is 0 Å². The molecule has 1 rings (SSSR count). The molecule has 0 saturated carbocycles. The van der Waals surface area contributed by atoms with Crippen LogP contribution >= 0.6 is 0 Å². The number of hydrogen-bond donors (Lipinski definition) is 1. The number of aliphatic hydroxyl groups excluding tert-OH is 1. The Kier molecular flexibility index (Phi) is 14.6. The van der Waals surface area contributed by atoms with Gasteiger partial charge in [0.05, 0.1) is 7.11 Å². The van der Waals surface area contributed by atoms with Crippen LogP contribution < -0.4 is 0 Å². The molecule has 1 saturated heterocycles. The van der Waals surface area contributed by atoms with Crippen LogP contribution in [-0.4, -0.2) is 37.5 Å². The molecule has 4 nitrogen and oxygen atoms in total. The Hall–Kier alpha value is -1.05. The van der Waals surface area contributed by atoms with Crippen LogP contribution in [-0.2, 0) is 14.3 Å². The normalized spacial score (nSPS) is 17.0. The molecule has 122 valence electrons. The molecule has 0 spiro atoms. The van der Waals surface area contributed by atoms with Gasteiger partial charge in [0, 0.05) is 19.1 Å². The lowest BCUT2D eigenvalue weighted by molar-refractivity contribution is -0.133. The Morgan fingerprint density at radius 1 is 1.24 bits per heavy atom. The van der Waals surface area contributed by atoms with Gasteiger partial charge in [0.2, 0.25) is 0 Å². The van der Waals surface area contributed by atoms with E-state index in [0.29, 0.717) is 6.61 Å². The molecule has 4 heteroatoms. The summed E-state index contributed by atoms with van der Waals surface area (Å²) in [6.07, 6.45) is 10.6. The molecule has 0 aromatic rings. The number of rotatable bonds is 6. The van der Waals surface area contributed by atoms with Gasteiger partial charge in [-0.15, -0.1) is 0 Å². The van der Waals surface area contributed by atoms with Gasteiger partial charge in [-0.05, 0) is 25.7 Å². The van der Waals surface area contributed by atoms with Crippen LogP contribution in [0.5, 0.6) is 0 Å². The van der Waals surface area contributed by atoms with E-state index in [0.717, 1.165) is 32.3 Å². The van der Waals surface area contributed by atoms with Crippen molar-refractivity contribution >= 4 is 5.97 Å². The first-order valence-electron chi connectivity index (χ1n) is 8.06. The zero-order valence-corrected chi connectivity index (χ0v) is 13.5. The van der Waals surface area contributed by atoms with Crippen molar-refractivity contribution in [2.75, 3.05) is 20.3 Å². The van der Waals surface area contributed by atoms with E-state index in [1.165, 1.54) is 39.2 Å². The molecule has 0 aromatic carbocycles.